The second kappa shape index (κ2) is 8.94. The number of ether oxygens (including phenoxy) is 3. The fraction of sp³-hybridized carbons (Fsp3) is 0.333. The Morgan fingerprint density at radius 2 is 2.15 bits per heavy atom. The number of amides is 1. The first-order valence-electron chi connectivity index (χ1n) is 11.0. The van der Waals surface area contributed by atoms with Crippen LogP contribution in [0.3, 0.4) is 0 Å². The van der Waals surface area contributed by atoms with Crippen LogP contribution < -0.4 is 19.1 Å². The highest BCUT2D eigenvalue weighted by Crippen LogP contribution is 2.40. The number of rotatable bonds is 5. The number of methoxy groups -OCH3 is 1. The first kappa shape index (κ1) is 21.6. The summed E-state index contributed by atoms with van der Waals surface area (Å²) in [7, 11) is 3.30. The lowest BCUT2D eigenvalue weighted by Gasteiger charge is -2.31. The van der Waals surface area contributed by atoms with Crippen LogP contribution in [-0.2, 0) is 7.05 Å². The Morgan fingerprint density at radius 1 is 1.26 bits per heavy atom. The third kappa shape index (κ3) is 3.96. The van der Waals surface area contributed by atoms with Crippen LogP contribution in [0.15, 0.2) is 43.0 Å². The van der Waals surface area contributed by atoms with E-state index in [1.165, 1.54) is 7.11 Å². The van der Waals surface area contributed by atoms with E-state index in [4.69, 9.17) is 14.2 Å². The van der Waals surface area contributed by atoms with Crippen molar-refractivity contribution in [2.24, 2.45) is 7.05 Å². The molecule has 2 aromatic heterocycles. The van der Waals surface area contributed by atoms with Crippen molar-refractivity contribution >= 4 is 17.3 Å². The standard InChI is InChI=1S/C24H24N6O4/c1-28-15-26-13-21(28)24(31)29-6-5-19(14-29)34-18-3-4-22-20(10-18)30(7-8-33-22)17-9-16(11-25)23(32-2)27-12-17/h3-4,9-10,12-13,15,19H,5-8,14H2,1-2H3/t19-/m0/s1. The molecule has 4 heterocycles. The zero-order chi connectivity index (χ0) is 23.7. The van der Waals surface area contributed by atoms with Gasteiger partial charge in [0, 0.05) is 26.1 Å². The lowest BCUT2D eigenvalue weighted by atomic mass is 10.2. The molecule has 5 rings (SSSR count). The zero-order valence-corrected chi connectivity index (χ0v) is 19.0. The molecule has 0 spiro atoms. The molecule has 0 radical (unpaired) electrons. The van der Waals surface area contributed by atoms with Crippen LogP contribution in [0.25, 0.3) is 0 Å². The third-order valence-corrected chi connectivity index (χ3v) is 6.03. The topological polar surface area (TPSA) is 106 Å². The normalized spacial score (nSPS) is 17.0. The molecule has 0 saturated carbocycles. The van der Waals surface area contributed by atoms with Crippen molar-refractivity contribution in [2.45, 2.75) is 12.5 Å². The SMILES string of the molecule is COc1ncc(N2CCOc3ccc(O[C@H]4CCN(C(=O)c5cncn5C)C4)cc32)cc1C#N. The van der Waals surface area contributed by atoms with E-state index in [0.29, 0.717) is 49.1 Å². The summed E-state index contributed by atoms with van der Waals surface area (Å²) in [6, 6.07) is 9.57. The van der Waals surface area contributed by atoms with E-state index in [2.05, 4.69) is 16.0 Å². The molecular weight excluding hydrogens is 436 g/mol. The minimum Gasteiger partial charge on any atom is -0.490 e. The number of fused-ring (bicyclic) bond motifs is 1. The van der Waals surface area contributed by atoms with Gasteiger partial charge in [0.15, 0.2) is 0 Å². The molecule has 174 valence electrons. The summed E-state index contributed by atoms with van der Waals surface area (Å²) in [5, 5.41) is 9.44. The van der Waals surface area contributed by atoms with Crippen molar-refractivity contribution in [1.82, 2.24) is 19.4 Å². The van der Waals surface area contributed by atoms with Gasteiger partial charge in [-0.2, -0.15) is 5.26 Å². The summed E-state index contributed by atoms with van der Waals surface area (Å²) in [4.78, 5) is 24.9. The minimum absolute atomic E-state index is 0.0450. The molecule has 2 aliphatic heterocycles. The van der Waals surface area contributed by atoms with Crippen molar-refractivity contribution in [3.8, 4) is 23.4 Å². The molecule has 10 heteroatoms. The van der Waals surface area contributed by atoms with E-state index in [-0.39, 0.29) is 12.0 Å². The van der Waals surface area contributed by atoms with Gasteiger partial charge in [0.05, 0.1) is 50.3 Å². The van der Waals surface area contributed by atoms with Gasteiger partial charge in [0.1, 0.15) is 41.5 Å². The maximum Gasteiger partial charge on any atom is 0.272 e. The molecular formula is C24H24N6O4. The number of carbonyl (C=O) groups excluding carboxylic acids is 1. The molecule has 0 N–H and O–H groups in total. The van der Waals surface area contributed by atoms with Crippen molar-refractivity contribution in [1.29, 1.82) is 5.26 Å². The fourth-order valence-electron chi connectivity index (χ4n) is 4.30. The van der Waals surface area contributed by atoms with Gasteiger partial charge < -0.3 is 28.6 Å². The van der Waals surface area contributed by atoms with Gasteiger partial charge in [-0.3, -0.25) is 4.79 Å². The summed E-state index contributed by atoms with van der Waals surface area (Å²) < 4.78 is 19.0. The molecule has 1 saturated heterocycles. The summed E-state index contributed by atoms with van der Waals surface area (Å²) in [5.41, 5.74) is 2.53. The molecule has 10 nitrogen and oxygen atoms in total. The second-order valence-electron chi connectivity index (χ2n) is 8.16. The summed E-state index contributed by atoms with van der Waals surface area (Å²) in [6.45, 7) is 2.25. The number of pyridine rings is 1. The van der Waals surface area contributed by atoms with E-state index in [9.17, 15) is 10.1 Å². The number of nitrogens with zero attached hydrogens (tertiary/aromatic N) is 6. The number of hydrogen-bond acceptors (Lipinski definition) is 8. The van der Waals surface area contributed by atoms with Crippen LogP contribution in [-0.4, -0.2) is 64.8 Å². The van der Waals surface area contributed by atoms with E-state index in [1.54, 1.807) is 34.3 Å². The van der Waals surface area contributed by atoms with Gasteiger partial charge in [-0.1, -0.05) is 0 Å². The first-order chi connectivity index (χ1) is 16.6. The monoisotopic (exact) mass is 460 g/mol. The number of nitriles is 1. The molecule has 0 aliphatic carbocycles. The van der Waals surface area contributed by atoms with E-state index >= 15 is 0 Å². The van der Waals surface area contributed by atoms with E-state index < -0.39 is 0 Å². The van der Waals surface area contributed by atoms with Gasteiger partial charge in [0.25, 0.3) is 5.91 Å². The maximum atomic E-state index is 12.8. The van der Waals surface area contributed by atoms with E-state index in [1.807, 2.05) is 30.1 Å². The number of likely N-dealkylation sites (tertiary alicyclic amines) is 1. The Balaban J connectivity index is 1.33. The smallest absolute Gasteiger partial charge is 0.272 e. The molecule has 34 heavy (non-hydrogen) atoms. The highest BCUT2D eigenvalue weighted by Gasteiger charge is 2.30. The Labute approximate surface area is 196 Å². The number of aryl methyl sites for hydroxylation is 1. The van der Waals surface area contributed by atoms with Crippen molar-refractivity contribution in [3.63, 3.8) is 0 Å². The Bertz CT molecular complexity index is 1270. The van der Waals surface area contributed by atoms with Gasteiger partial charge in [-0.05, 0) is 18.2 Å². The third-order valence-electron chi connectivity index (χ3n) is 6.03. The van der Waals surface area contributed by atoms with Crippen molar-refractivity contribution < 1.29 is 19.0 Å². The minimum atomic E-state index is -0.110. The molecule has 1 amide bonds. The van der Waals surface area contributed by atoms with Crippen LogP contribution in [0.5, 0.6) is 17.4 Å². The second-order valence-corrected chi connectivity index (χ2v) is 8.16. The molecule has 0 bridgehead atoms. The van der Waals surface area contributed by atoms with Gasteiger partial charge in [-0.15, -0.1) is 0 Å². The lowest BCUT2D eigenvalue weighted by Crippen LogP contribution is -2.32. The van der Waals surface area contributed by atoms with Gasteiger partial charge >= 0.3 is 0 Å². The average Bonchev–Trinajstić information content (AvgIpc) is 3.51. The molecule has 2 aliphatic rings. The van der Waals surface area contributed by atoms with Gasteiger partial charge in [0.2, 0.25) is 5.88 Å². The van der Waals surface area contributed by atoms with E-state index in [0.717, 1.165) is 23.5 Å². The quantitative estimate of drug-likeness (QED) is 0.572. The fourth-order valence-corrected chi connectivity index (χ4v) is 4.30. The number of hydrogen-bond donors (Lipinski definition) is 0. The van der Waals surface area contributed by atoms with Crippen LogP contribution in [0, 0.1) is 11.3 Å². The molecule has 0 unspecified atom stereocenters. The average molecular weight is 460 g/mol. The van der Waals surface area contributed by atoms with Crippen LogP contribution >= 0.6 is 0 Å². The largest absolute Gasteiger partial charge is 0.490 e. The van der Waals surface area contributed by atoms with Crippen LogP contribution in [0.2, 0.25) is 0 Å². The number of aromatic nitrogens is 3. The number of anilines is 2. The summed E-state index contributed by atoms with van der Waals surface area (Å²) in [6.07, 6.45) is 5.52. The number of imidazole rings is 1. The highest BCUT2D eigenvalue weighted by molar-refractivity contribution is 5.92. The Hall–Kier alpha value is -4.26. The van der Waals surface area contributed by atoms with Crippen LogP contribution in [0.4, 0.5) is 11.4 Å². The molecule has 1 atom stereocenters. The maximum absolute atomic E-state index is 12.8. The van der Waals surface area contributed by atoms with Crippen LogP contribution in [0.1, 0.15) is 22.5 Å². The first-order valence-corrected chi connectivity index (χ1v) is 11.0. The predicted molar refractivity (Wildman–Crippen MR) is 123 cm³/mol. The molecule has 1 aromatic carbocycles. The number of benzene rings is 1. The number of carbonyl (C=O) groups is 1. The lowest BCUT2D eigenvalue weighted by molar-refractivity contribution is 0.0763. The van der Waals surface area contributed by atoms with Gasteiger partial charge in [-0.25, -0.2) is 9.97 Å². The zero-order valence-electron chi connectivity index (χ0n) is 19.0. The van der Waals surface area contributed by atoms with Crippen molar-refractivity contribution in [3.05, 3.63) is 54.2 Å². The summed E-state index contributed by atoms with van der Waals surface area (Å²) >= 11 is 0. The Kier molecular flexibility index (Phi) is 5.67. The Morgan fingerprint density at radius 3 is 2.91 bits per heavy atom. The summed E-state index contributed by atoms with van der Waals surface area (Å²) in [5.74, 6) is 1.67. The molecule has 1 fully saturated rings. The highest BCUT2D eigenvalue weighted by atomic mass is 16.5. The molecule has 3 aromatic rings. The predicted octanol–water partition coefficient (Wildman–Crippen LogP) is 2.52. The van der Waals surface area contributed by atoms with Crippen molar-refractivity contribution in [2.75, 3.05) is 38.3 Å².